The van der Waals surface area contributed by atoms with Gasteiger partial charge in [-0.3, -0.25) is 4.79 Å². The molecule has 0 radical (unpaired) electrons. The van der Waals surface area contributed by atoms with Crippen LogP contribution >= 0.6 is 11.8 Å². The Morgan fingerprint density at radius 3 is 2.70 bits per heavy atom. The molecule has 156 valence electrons. The second-order valence-corrected chi connectivity index (χ2v) is 8.50. The van der Waals surface area contributed by atoms with Crippen molar-refractivity contribution in [3.63, 3.8) is 0 Å². The zero-order valence-corrected chi connectivity index (χ0v) is 18.0. The fourth-order valence-corrected chi connectivity index (χ4v) is 4.32. The average Bonchev–Trinajstić information content (AvgIpc) is 3.30. The normalized spacial score (nSPS) is 12.6. The van der Waals surface area contributed by atoms with Crippen LogP contribution in [0.1, 0.15) is 34.5 Å². The van der Waals surface area contributed by atoms with E-state index in [1.807, 2.05) is 32.0 Å². The molecule has 1 aliphatic rings. The Bertz CT molecular complexity index is 1060. The zero-order chi connectivity index (χ0) is 21.1. The molecule has 0 aliphatic heterocycles. The van der Waals surface area contributed by atoms with E-state index in [-0.39, 0.29) is 18.3 Å². The van der Waals surface area contributed by atoms with Gasteiger partial charge < -0.3 is 15.9 Å². The molecule has 0 spiro atoms. The number of benzene rings is 2. The topological polar surface area (TPSA) is 95.1 Å². The minimum atomic E-state index is -0.103. The lowest BCUT2D eigenvalue weighted by Gasteiger charge is -2.09. The van der Waals surface area contributed by atoms with E-state index in [9.17, 15) is 4.79 Å². The Hall–Kier alpha value is -3.00. The number of fused-ring (bicyclic) bond motifs is 1. The molecule has 4 rings (SSSR count). The molecule has 0 fully saturated rings. The summed E-state index contributed by atoms with van der Waals surface area (Å²) in [5, 5.41) is 11.6. The van der Waals surface area contributed by atoms with E-state index in [2.05, 4.69) is 33.7 Å². The summed E-state index contributed by atoms with van der Waals surface area (Å²) in [5.74, 6) is 7.44. The maximum atomic E-state index is 12.3. The predicted molar refractivity (Wildman–Crippen MR) is 118 cm³/mol. The molecule has 0 saturated carbocycles. The Morgan fingerprint density at radius 2 is 1.90 bits per heavy atom. The molecule has 30 heavy (non-hydrogen) atoms. The van der Waals surface area contributed by atoms with Gasteiger partial charge in [-0.05, 0) is 79.6 Å². The number of carbonyl (C=O) groups excluding carboxylic acids is 1. The van der Waals surface area contributed by atoms with E-state index in [0.717, 1.165) is 35.4 Å². The number of nitrogens with two attached hydrogens (primary N) is 1. The lowest BCUT2D eigenvalue weighted by atomic mass is 10.1. The van der Waals surface area contributed by atoms with E-state index in [0.29, 0.717) is 11.0 Å². The van der Waals surface area contributed by atoms with E-state index in [1.165, 1.54) is 34.0 Å². The zero-order valence-electron chi connectivity index (χ0n) is 17.1. The predicted octanol–water partition coefficient (Wildman–Crippen LogP) is 3.41. The van der Waals surface area contributed by atoms with Crippen molar-refractivity contribution in [2.24, 2.45) is 0 Å². The molecule has 1 aromatic heterocycles. The second kappa shape index (κ2) is 8.79. The molecule has 0 unspecified atom stereocenters. The summed E-state index contributed by atoms with van der Waals surface area (Å²) >= 11 is 1.24. The van der Waals surface area contributed by atoms with Gasteiger partial charge >= 0.3 is 0 Å². The first-order valence-corrected chi connectivity index (χ1v) is 10.9. The highest BCUT2D eigenvalue weighted by atomic mass is 32.2. The van der Waals surface area contributed by atoms with Crippen LogP contribution in [0.4, 0.5) is 5.69 Å². The molecule has 3 N–H and O–H groups in total. The standard InChI is InChI=1S/C22H25N5O2S/c1-14-8-15(2)10-19(9-14)29-12-20-25-26-22(27(20)23)30-13-21(28)24-18-7-6-16-4-3-5-17(16)11-18/h6-11H,3-5,12-13,23H2,1-2H3,(H,24,28). The molecule has 0 atom stereocenters. The number of thioether (sulfide) groups is 1. The fourth-order valence-electron chi connectivity index (χ4n) is 3.64. The van der Waals surface area contributed by atoms with Gasteiger partial charge in [0.15, 0.2) is 5.82 Å². The molecule has 1 amide bonds. The number of carbonyl (C=O) groups is 1. The van der Waals surface area contributed by atoms with Crippen LogP contribution in [0.5, 0.6) is 5.75 Å². The van der Waals surface area contributed by atoms with Crippen LogP contribution in [0.15, 0.2) is 41.6 Å². The van der Waals surface area contributed by atoms with Crippen LogP contribution in [0.25, 0.3) is 0 Å². The number of hydrogen-bond acceptors (Lipinski definition) is 6. The van der Waals surface area contributed by atoms with Crippen molar-refractivity contribution in [2.45, 2.75) is 44.9 Å². The maximum Gasteiger partial charge on any atom is 0.234 e. The smallest absolute Gasteiger partial charge is 0.234 e. The molecular weight excluding hydrogens is 398 g/mol. The fraction of sp³-hybridized carbons (Fsp3) is 0.318. The van der Waals surface area contributed by atoms with Gasteiger partial charge in [-0.25, -0.2) is 4.68 Å². The van der Waals surface area contributed by atoms with Gasteiger partial charge in [-0.2, -0.15) is 0 Å². The lowest BCUT2D eigenvalue weighted by Crippen LogP contribution is -2.18. The third-order valence-electron chi connectivity index (χ3n) is 5.01. The van der Waals surface area contributed by atoms with Crippen LogP contribution in [0, 0.1) is 13.8 Å². The molecule has 8 heteroatoms. The SMILES string of the molecule is Cc1cc(C)cc(OCc2nnc(SCC(=O)Nc3ccc4c(c3)CCC4)n2N)c1. The number of rotatable bonds is 7. The van der Waals surface area contributed by atoms with E-state index in [4.69, 9.17) is 10.6 Å². The highest BCUT2D eigenvalue weighted by Crippen LogP contribution is 2.25. The molecule has 0 saturated heterocycles. The first kappa shape index (κ1) is 20.3. The van der Waals surface area contributed by atoms with Crippen molar-refractivity contribution < 1.29 is 9.53 Å². The van der Waals surface area contributed by atoms with E-state index < -0.39 is 0 Å². The van der Waals surface area contributed by atoms with Gasteiger partial charge in [-0.1, -0.05) is 23.9 Å². The molecule has 2 aromatic carbocycles. The van der Waals surface area contributed by atoms with Crippen LogP contribution < -0.4 is 15.9 Å². The Balaban J connectivity index is 1.31. The van der Waals surface area contributed by atoms with E-state index >= 15 is 0 Å². The number of nitrogens with one attached hydrogen (secondary N) is 1. The summed E-state index contributed by atoms with van der Waals surface area (Å²) < 4.78 is 7.17. The number of nitrogens with zero attached hydrogens (tertiary/aromatic N) is 3. The van der Waals surface area contributed by atoms with Crippen molar-refractivity contribution in [3.8, 4) is 5.75 Å². The van der Waals surface area contributed by atoms with Gasteiger partial charge in [0.05, 0.1) is 5.75 Å². The number of anilines is 1. The summed E-state index contributed by atoms with van der Waals surface area (Å²) in [4.78, 5) is 12.3. The number of ether oxygens (including phenoxy) is 1. The Labute approximate surface area is 180 Å². The number of amides is 1. The largest absolute Gasteiger partial charge is 0.486 e. The summed E-state index contributed by atoms with van der Waals surface area (Å²) in [6.45, 7) is 4.25. The first-order chi connectivity index (χ1) is 14.5. The van der Waals surface area contributed by atoms with E-state index in [1.54, 1.807) is 0 Å². The number of aryl methyl sites for hydroxylation is 4. The third-order valence-corrected chi connectivity index (χ3v) is 5.96. The van der Waals surface area contributed by atoms with Gasteiger partial charge in [0.1, 0.15) is 12.4 Å². The number of nitrogen functional groups attached to an aromatic ring is 1. The van der Waals surface area contributed by atoms with Gasteiger partial charge in [0, 0.05) is 5.69 Å². The molecular formula is C22H25N5O2S. The van der Waals surface area contributed by atoms with Crippen LogP contribution in [0.2, 0.25) is 0 Å². The van der Waals surface area contributed by atoms with Crippen molar-refractivity contribution >= 4 is 23.4 Å². The summed E-state index contributed by atoms with van der Waals surface area (Å²) in [5.41, 5.74) is 5.80. The van der Waals surface area contributed by atoms with Crippen molar-refractivity contribution in [1.82, 2.24) is 14.9 Å². The molecule has 0 bridgehead atoms. The van der Waals surface area contributed by atoms with Crippen LogP contribution in [0.3, 0.4) is 0 Å². The summed E-state index contributed by atoms with van der Waals surface area (Å²) in [6, 6.07) is 12.1. The van der Waals surface area contributed by atoms with Crippen molar-refractivity contribution in [3.05, 3.63) is 64.5 Å². The highest BCUT2D eigenvalue weighted by Gasteiger charge is 2.15. The van der Waals surface area contributed by atoms with Crippen molar-refractivity contribution in [2.75, 3.05) is 16.9 Å². The second-order valence-electron chi connectivity index (χ2n) is 7.55. The van der Waals surface area contributed by atoms with Crippen LogP contribution in [-0.4, -0.2) is 26.5 Å². The monoisotopic (exact) mass is 423 g/mol. The Morgan fingerprint density at radius 1 is 1.13 bits per heavy atom. The number of hydrogen-bond donors (Lipinski definition) is 2. The Kier molecular flexibility index (Phi) is 5.94. The van der Waals surface area contributed by atoms with Gasteiger partial charge in [0.25, 0.3) is 0 Å². The average molecular weight is 424 g/mol. The number of aromatic nitrogens is 3. The molecule has 1 aliphatic carbocycles. The molecule has 3 aromatic rings. The third kappa shape index (κ3) is 4.76. The first-order valence-electron chi connectivity index (χ1n) is 9.93. The maximum absolute atomic E-state index is 12.3. The minimum Gasteiger partial charge on any atom is -0.486 e. The van der Waals surface area contributed by atoms with Crippen LogP contribution in [-0.2, 0) is 24.2 Å². The minimum absolute atomic E-state index is 0.103. The van der Waals surface area contributed by atoms with Gasteiger partial charge in [0.2, 0.25) is 11.1 Å². The quantitative estimate of drug-likeness (QED) is 0.447. The molecule has 7 nitrogen and oxygen atoms in total. The lowest BCUT2D eigenvalue weighted by molar-refractivity contribution is -0.113. The van der Waals surface area contributed by atoms with Gasteiger partial charge in [-0.15, -0.1) is 10.2 Å². The summed E-state index contributed by atoms with van der Waals surface area (Å²) in [7, 11) is 0. The van der Waals surface area contributed by atoms with Crippen molar-refractivity contribution in [1.29, 1.82) is 0 Å². The highest BCUT2D eigenvalue weighted by molar-refractivity contribution is 7.99. The molecule has 1 heterocycles. The summed E-state index contributed by atoms with van der Waals surface area (Å²) in [6.07, 6.45) is 3.39.